The van der Waals surface area contributed by atoms with E-state index >= 15 is 0 Å². The number of hydrogen-bond donors (Lipinski definition) is 0. The topological polar surface area (TPSA) is 57.0 Å². The molecular weight excluding hydrogens is 166 g/mol. The van der Waals surface area contributed by atoms with Crippen molar-refractivity contribution < 1.29 is 4.79 Å². The fourth-order valence-electron chi connectivity index (χ4n) is 0.845. The Bertz CT molecular complexity index is 365. The normalized spacial score (nSPS) is 9.00. The zero-order valence-corrected chi connectivity index (χ0v) is 7.48. The summed E-state index contributed by atoms with van der Waals surface area (Å²) < 4.78 is 0. The third kappa shape index (κ3) is 2.03. The molecule has 0 unspecified atom stereocenters. The molecule has 0 radical (unpaired) electrons. The maximum atomic E-state index is 11.4. The van der Waals surface area contributed by atoms with E-state index < -0.39 is 0 Å². The minimum Gasteiger partial charge on any atom is -0.343 e. The molecule has 0 spiro atoms. The lowest BCUT2D eigenvalue weighted by molar-refractivity contribution is 0.0822. The van der Waals surface area contributed by atoms with Gasteiger partial charge in [0.15, 0.2) is 0 Å². The average Bonchev–Trinajstić information content (AvgIpc) is 2.16. The highest BCUT2D eigenvalue weighted by Crippen LogP contribution is 2.00. The van der Waals surface area contributed by atoms with E-state index in [-0.39, 0.29) is 11.6 Å². The number of nitrogens with zero attached hydrogens (tertiary/aromatic N) is 3. The van der Waals surface area contributed by atoms with Crippen molar-refractivity contribution >= 4 is 5.91 Å². The van der Waals surface area contributed by atoms with Crippen LogP contribution in [-0.4, -0.2) is 29.9 Å². The van der Waals surface area contributed by atoms with Gasteiger partial charge in [-0.1, -0.05) is 6.07 Å². The van der Waals surface area contributed by atoms with Crippen LogP contribution in [0.1, 0.15) is 16.2 Å². The van der Waals surface area contributed by atoms with Crippen LogP contribution < -0.4 is 0 Å². The summed E-state index contributed by atoms with van der Waals surface area (Å²) in [5, 5.41) is 8.55. The maximum Gasteiger partial charge on any atom is 0.271 e. The molecule has 0 N–H and O–H groups in total. The number of pyridine rings is 1. The summed E-state index contributed by atoms with van der Waals surface area (Å²) in [7, 11) is 3.28. The number of aromatic nitrogens is 1. The molecule has 0 aliphatic heterocycles. The molecule has 0 bridgehead atoms. The van der Waals surface area contributed by atoms with Crippen LogP contribution in [-0.2, 0) is 0 Å². The molecule has 4 heteroatoms. The summed E-state index contributed by atoms with van der Waals surface area (Å²) >= 11 is 0. The van der Waals surface area contributed by atoms with Crippen LogP contribution in [0.4, 0.5) is 0 Å². The molecule has 1 aromatic rings. The first-order chi connectivity index (χ1) is 6.15. The van der Waals surface area contributed by atoms with Crippen LogP contribution in [0.15, 0.2) is 18.2 Å². The van der Waals surface area contributed by atoms with E-state index in [1.807, 2.05) is 6.07 Å². The molecule has 1 amide bonds. The molecule has 0 atom stereocenters. The van der Waals surface area contributed by atoms with E-state index in [4.69, 9.17) is 5.26 Å². The van der Waals surface area contributed by atoms with E-state index in [9.17, 15) is 4.79 Å². The zero-order valence-electron chi connectivity index (χ0n) is 7.48. The molecular formula is C9H9N3O. The van der Waals surface area contributed by atoms with Gasteiger partial charge in [0, 0.05) is 14.1 Å². The summed E-state index contributed by atoms with van der Waals surface area (Å²) in [5.41, 5.74) is 0.553. The van der Waals surface area contributed by atoms with Gasteiger partial charge in [-0.15, -0.1) is 0 Å². The van der Waals surface area contributed by atoms with Crippen molar-refractivity contribution in [2.45, 2.75) is 0 Å². The second-order valence-corrected chi connectivity index (χ2v) is 2.72. The van der Waals surface area contributed by atoms with Crippen molar-refractivity contribution in [3.8, 4) is 6.07 Å². The molecule has 0 aliphatic carbocycles. The predicted molar refractivity (Wildman–Crippen MR) is 47.0 cm³/mol. The van der Waals surface area contributed by atoms with Gasteiger partial charge in [-0.3, -0.25) is 4.79 Å². The number of rotatable bonds is 1. The zero-order chi connectivity index (χ0) is 9.84. The largest absolute Gasteiger partial charge is 0.343 e. The van der Waals surface area contributed by atoms with Crippen molar-refractivity contribution in [2.75, 3.05) is 14.1 Å². The Morgan fingerprint density at radius 2 is 2.23 bits per heavy atom. The van der Waals surface area contributed by atoms with Gasteiger partial charge in [-0.2, -0.15) is 5.26 Å². The molecule has 0 saturated carbocycles. The van der Waals surface area contributed by atoms with Gasteiger partial charge < -0.3 is 4.90 Å². The van der Waals surface area contributed by atoms with Gasteiger partial charge in [0.2, 0.25) is 0 Å². The fraction of sp³-hybridized carbons (Fsp3) is 0.222. The standard InChI is InChI=1S/C9H9N3O/c1-12(2)9(13)8-5-3-4-7(6-10)11-8/h3-5H,1-2H3. The Morgan fingerprint density at radius 1 is 1.54 bits per heavy atom. The van der Waals surface area contributed by atoms with E-state index in [2.05, 4.69) is 4.98 Å². The quantitative estimate of drug-likeness (QED) is 0.629. The van der Waals surface area contributed by atoms with Gasteiger partial charge in [0.25, 0.3) is 5.91 Å². The summed E-state index contributed by atoms with van der Waals surface area (Å²) in [4.78, 5) is 16.6. The summed E-state index contributed by atoms with van der Waals surface area (Å²) in [6.45, 7) is 0. The van der Waals surface area contributed by atoms with Gasteiger partial charge in [-0.25, -0.2) is 4.98 Å². The Morgan fingerprint density at radius 3 is 2.77 bits per heavy atom. The Hall–Kier alpha value is -1.89. The molecule has 0 saturated heterocycles. The molecule has 13 heavy (non-hydrogen) atoms. The van der Waals surface area contributed by atoms with E-state index in [1.165, 1.54) is 4.90 Å². The third-order valence-electron chi connectivity index (χ3n) is 1.49. The van der Waals surface area contributed by atoms with Gasteiger partial charge in [0.05, 0.1) is 0 Å². The van der Waals surface area contributed by atoms with Gasteiger partial charge >= 0.3 is 0 Å². The number of amides is 1. The molecule has 1 rings (SSSR count). The Balaban J connectivity index is 3.04. The minimum absolute atomic E-state index is 0.197. The lowest BCUT2D eigenvalue weighted by Crippen LogP contribution is -2.22. The summed E-state index contributed by atoms with van der Waals surface area (Å²) in [5.74, 6) is -0.197. The number of nitriles is 1. The van der Waals surface area contributed by atoms with E-state index in [0.717, 1.165) is 0 Å². The van der Waals surface area contributed by atoms with Crippen molar-refractivity contribution in [1.29, 1.82) is 5.26 Å². The predicted octanol–water partition coefficient (Wildman–Crippen LogP) is 0.655. The van der Waals surface area contributed by atoms with Crippen LogP contribution in [0, 0.1) is 11.3 Å². The van der Waals surface area contributed by atoms with Crippen LogP contribution in [0.25, 0.3) is 0 Å². The highest BCUT2D eigenvalue weighted by molar-refractivity contribution is 5.91. The van der Waals surface area contributed by atoms with E-state index in [1.54, 1.807) is 32.3 Å². The Kier molecular flexibility index (Phi) is 2.60. The average molecular weight is 175 g/mol. The van der Waals surface area contributed by atoms with E-state index in [0.29, 0.717) is 5.69 Å². The van der Waals surface area contributed by atoms with Crippen molar-refractivity contribution in [1.82, 2.24) is 9.88 Å². The second-order valence-electron chi connectivity index (χ2n) is 2.72. The first-order valence-electron chi connectivity index (χ1n) is 3.74. The number of carbonyl (C=O) groups excluding carboxylic acids is 1. The monoisotopic (exact) mass is 175 g/mol. The molecule has 1 heterocycles. The van der Waals surface area contributed by atoms with Crippen LogP contribution in [0.2, 0.25) is 0 Å². The fourth-order valence-corrected chi connectivity index (χ4v) is 0.845. The number of carbonyl (C=O) groups is 1. The lowest BCUT2D eigenvalue weighted by Gasteiger charge is -2.08. The highest BCUT2D eigenvalue weighted by Gasteiger charge is 2.09. The van der Waals surface area contributed by atoms with Crippen LogP contribution in [0.5, 0.6) is 0 Å². The van der Waals surface area contributed by atoms with Gasteiger partial charge in [-0.05, 0) is 12.1 Å². The third-order valence-corrected chi connectivity index (χ3v) is 1.49. The molecule has 66 valence electrons. The number of hydrogen-bond acceptors (Lipinski definition) is 3. The first kappa shape index (κ1) is 9.20. The minimum atomic E-state index is -0.197. The van der Waals surface area contributed by atoms with Crippen molar-refractivity contribution in [3.63, 3.8) is 0 Å². The van der Waals surface area contributed by atoms with Gasteiger partial charge in [0.1, 0.15) is 17.5 Å². The van der Waals surface area contributed by atoms with Crippen molar-refractivity contribution in [2.24, 2.45) is 0 Å². The summed E-state index contributed by atoms with van der Waals surface area (Å²) in [6.07, 6.45) is 0. The second kappa shape index (κ2) is 3.68. The smallest absolute Gasteiger partial charge is 0.271 e. The molecule has 4 nitrogen and oxygen atoms in total. The van der Waals surface area contributed by atoms with Crippen molar-refractivity contribution in [3.05, 3.63) is 29.6 Å². The molecule has 1 aromatic heterocycles. The van der Waals surface area contributed by atoms with Crippen LogP contribution in [0.3, 0.4) is 0 Å². The van der Waals surface area contributed by atoms with Crippen LogP contribution >= 0.6 is 0 Å². The molecule has 0 fully saturated rings. The Labute approximate surface area is 76.4 Å². The highest BCUT2D eigenvalue weighted by atomic mass is 16.2. The molecule has 0 aromatic carbocycles. The summed E-state index contributed by atoms with van der Waals surface area (Å²) in [6, 6.07) is 6.67. The lowest BCUT2D eigenvalue weighted by atomic mass is 10.3. The molecule has 0 aliphatic rings. The SMILES string of the molecule is CN(C)C(=O)c1cccc(C#N)n1. The first-order valence-corrected chi connectivity index (χ1v) is 3.74. The maximum absolute atomic E-state index is 11.4.